The van der Waals surface area contributed by atoms with Gasteiger partial charge in [0.25, 0.3) is 0 Å². The topological polar surface area (TPSA) is 3.01 Å². The zero-order chi connectivity index (χ0) is 7.73. The van der Waals surface area contributed by atoms with Crippen molar-refractivity contribution in [2.75, 3.05) is 0 Å². The molecule has 2 aliphatic rings. The lowest BCUT2D eigenvalue weighted by molar-refractivity contribution is 0.0619. The Kier molecular flexibility index (Phi) is 0.860. The van der Waals surface area contributed by atoms with E-state index in [0.717, 1.165) is 12.0 Å². The Morgan fingerprint density at radius 2 is 1.50 bits per heavy atom. The summed E-state index contributed by atoms with van der Waals surface area (Å²) >= 11 is 0. The molecule has 1 nitrogen and oxygen atoms in total. The van der Waals surface area contributed by atoms with Crippen molar-refractivity contribution < 1.29 is 0 Å². The molecule has 10 heavy (non-hydrogen) atoms. The molecule has 2 rings (SSSR count). The molecule has 3 atom stereocenters. The predicted molar refractivity (Wildman–Crippen MR) is 42.9 cm³/mol. The van der Waals surface area contributed by atoms with Gasteiger partial charge in [0.1, 0.15) is 0 Å². The minimum Gasteiger partial charge on any atom is -0.286 e. The second-order valence-corrected chi connectivity index (χ2v) is 4.91. The molecule has 2 fully saturated rings. The molecule has 0 amide bonds. The van der Waals surface area contributed by atoms with Crippen molar-refractivity contribution in [1.82, 2.24) is 4.90 Å². The summed E-state index contributed by atoms with van der Waals surface area (Å²) in [6.45, 7) is 11.8. The van der Waals surface area contributed by atoms with Gasteiger partial charge in [-0.1, -0.05) is 6.92 Å². The summed E-state index contributed by atoms with van der Waals surface area (Å²) in [6.07, 6.45) is 0. The molecule has 2 aliphatic heterocycles. The highest BCUT2D eigenvalue weighted by Crippen LogP contribution is 2.63. The van der Waals surface area contributed by atoms with Crippen LogP contribution in [0, 0.1) is 5.92 Å². The minimum absolute atomic E-state index is 0.480. The molecule has 3 unspecified atom stereocenters. The molecule has 0 spiro atoms. The van der Waals surface area contributed by atoms with Crippen LogP contribution in [-0.2, 0) is 0 Å². The Hall–Kier alpha value is -0.0400. The average molecular weight is 139 g/mol. The van der Waals surface area contributed by atoms with Gasteiger partial charge < -0.3 is 0 Å². The number of nitrogens with zero attached hydrogens (tertiary/aromatic N) is 1. The molecule has 0 saturated carbocycles. The second kappa shape index (κ2) is 1.29. The summed E-state index contributed by atoms with van der Waals surface area (Å²) < 4.78 is 0. The SMILES string of the molecule is CC1C2N(C1(C)C)C2(C)C. The summed E-state index contributed by atoms with van der Waals surface area (Å²) in [5.74, 6) is 0.891. The van der Waals surface area contributed by atoms with Crippen LogP contribution in [0.2, 0.25) is 0 Å². The van der Waals surface area contributed by atoms with Crippen molar-refractivity contribution in [2.45, 2.75) is 51.7 Å². The average Bonchev–Trinajstić information content (AvgIpc) is 2.32. The third kappa shape index (κ3) is 0.430. The summed E-state index contributed by atoms with van der Waals surface area (Å²) in [7, 11) is 0. The normalized spacial score (nSPS) is 53.1. The highest BCUT2D eigenvalue weighted by atomic mass is 15.5. The molecule has 0 radical (unpaired) electrons. The smallest absolute Gasteiger partial charge is 0.0329 e. The van der Waals surface area contributed by atoms with Gasteiger partial charge >= 0.3 is 0 Å². The molecular formula is C9H17N. The van der Waals surface area contributed by atoms with Crippen molar-refractivity contribution in [1.29, 1.82) is 0 Å². The van der Waals surface area contributed by atoms with Crippen molar-refractivity contribution in [2.24, 2.45) is 5.92 Å². The first-order chi connectivity index (χ1) is 4.40. The van der Waals surface area contributed by atoms with Crippen LogP contribution in [0.4, 0.5) is 0 Å². The second-order valence-electron chi connectivity index (χ2n) is 4.91. The van der Waals surface area contributed by atoms with E-state index < -0.39 is 0 Å². The van der Waals surface area contributed by atoms with Crippen LogP contribution in [0.5, 0.6) is 0 Å². The van der Waals surface area contributed by atoms with E-state index in [0.29, 0.717) is 11.1 Å². The standard InChI is InChI=1S/C9H17N/c1-6-7-9(4,5)10(7)8(6,2)3/h6-7H,1-5H3. The minimum atomic E-state index is 0.480. The van der Waals surface area contributed by atoms with Crippen LogP contribution in [-0.4, -0.2) is 22.0 Å². The van der Waals surface area contributed by atoms with E-state index in [1.54, 1.807) is 0 Å². The summed E-state index contributed by atoms with van der Waals surface area (Å²) in [5, 5.41) is 0. The van der Waals surface area contributed by atoms with Crippen LogP contribution in [0.25, 0.3) is 0 Å². The number of rotatable bonds is 0. The molecule has 2 heterocycles. The first kappa shape index (κ1) is 6.66. The fraction of sp³-hybridized carbons (Fsp3) is 1.00. The largest absolute Gasteiger partial charge is 0.286 e. The molecule has 0 aromatic rings. The van der Waals surface area contributed by atoms with Gasteiger partial charge in [-0.3, -0.25) is 4.90 Å². The number of hydrogen-bond donors (Lipinski definition) is 0. The van der Waals surface area contributed by atoms with Gasteiger partial charge in [-0.2, -0.15) is 0 Å². The van der Waals surface area contributed by atoms with Gasteiger partial charge in [-0.15, -0.1) is 0 Å². The van der Waals surface area contributed by atoms with E-state index in [2.05, 4.69) is 39.5 Å². The monoisotopic (exact) mass is 139 g/mol. The zero-order valence-corrected chi connectivity index (χ0v) is 7.60. The van der Waals surface area contributed by atoms with Gasteiger partial charge in [0.2, 0.25) is 0 Å². The van der Waals surface area contributed by atoms with Crippen molar-refractivity contribution in [3.63, 3.8) is 0 Å². The van der Waals surface area contributed by atoms with E-state index in [-0.39, 0.29) is 0 Å². The molecule has 0 bridgehead atoms. The van der Waals surface area contributed by atoms with Crippen molar-refractivity contribution in [3.8, 4) is 0 Å². The van der Waals surface area contributed by atoms with Gasteiger partial charge in [0.15, 0.2) is 0 Å². The lowest BCUT2D eigenvalue weighted by Gasteiger charge is -2.43. The highest BCUT2D eigenvalue weighted by Gasteiger charge is 2.74. The maximum atomic E-state index is 2.62. The molecule has 2 saturated heterocycles. The van der Waals surface area contributed by atoms with Crippen molar-refractivity contribution in [3.05, 3.63) is 0 Å². The quantitative estimate of drug-likeness (QED) is 0.463. The molecule has 0 aromatic carbocycles. The van der Waals surface area contributed by atoms with E-state index in [4.69, 9.17) is 0 Å². The highest BCUT2D eigenvalue weighted by molar-refractivity contribution is 5.29. The lowest BCUT2D eigenvalue weighted by atomic mass is 9.79. The summed E-state index contributed by atoms with van der Waals surface area (Å²) in [6, 6.07) is 0.891. The van der Waals surface area contributed by atoms with Gasteiger partial charge in [-0.25, -0.2) is 0 Å². The Morgan fingerprint density at radius 1 is 1.00 bits per heavy atom. The Labute approximate surface area is 63.4 Å². The predicted octanol–water partition coefficient (Wildman–Crippen LogP) is 1.88. The van der Waals surface area contributed by atoms with Crippen LogP contribution < -0.4 is 0 Å². The fourth-order valence-electron chi connectivity index (χ4n) is 2.98. The van der Waals surface area contributed by atoms with E-state index >= 15 is 0 Å². The van der Waals surface area contributed by atoms with Crippen LogP contribution in [0.1, 0.15) is 34.6 Å². The molecule has 0 aliphatic carbocycles. The number of fused-ring (bicyclic) bond motifs is 1. The molecule has 1 heteroatoms. The summed E-state index contributed by atoms with van der Waals surface area (Å²) in [4.78, 5) is 2.62. The maximum Gasteiger partial charge on any atom is 0.0329 e. The van der Waals surface area contributed by atoms with E-state index in [1.165, 1.54) is 0 Å². The molecule has 0 N–H and O–H groups in total. The molecule has 0 aromatic heterocycles. The third-order valence-corrected chi connectivity index (χ3v) is 3.76. The summed E-state index contributed by atoms with van der Waals surface area (Å²) in [5.41, 5.74) is 0.997. The van der Waals surface area contributed by atoms with Crippen molar-refractivity contribution >= 4 is 0 Å². The first-order valence-electron chi connectivity index (χ1n) is 4.19. The number of hydrogen-bond acceptors (Lipinski definition) is 1. The molecular weight excluding hydrogens is 122 g/mol. The zero-order valence-electron chi connectivity index (χ0n) is 7.60. The fourth-order valence-corrected chi connectivity index (χ4v) is 2.98. The molecule has 58 valence electrons. The van der Waals surface area contributed by atoms with Gasteiger partial charge in [0.05, 0.1) is 0 Å². The maximum absolute atomic E-state index is 2.62. The van der Waals surface area contributed by atoms with E-state index in [1.807, 2.05) is 0 Å². The lowest BCUT2D eigenvalue weighted by Crippen LogP contribution is -2.51. The Morgan fingerprint density at radius 3 is 1.60 bits per heavy atom. The Balaban J connectivity index is 2.24. The Bertz CT molecular complexity index is 181. The van der Waals surface area contributed by atoms with E-state index in [9.17, 15) is 0 Å². The van der Waals surface area contributed by atoms with Crippen LogP contribution in [0.3, 0.4) is 0 Å². The van der Waals surface area contributed by atoms with Gasteiger partial charge in [-0.05, 0) is 33.6 Å². The van der Waals surface area contributed by atoms with Gasteiger partial charge in [0, 0.05) is 17.1 Å². The van der Waals surface area contributed by atoms with Crippen LogP contribution >= 0.6 is 0 Å². The first-order valence-corrected chi connectivity index (χ1v) is 4.19. The van der Waals surface area contributed by atoms with Crippen LogP contribution in [0.15, 0.2) is 0 Å². The third-order valence-electron chi connectivity index (χ3n) is 3.76.